The summed E-state index contributed by atoms with van der Waals surface area (Å²) in [5.41, 5.74) is 1.28. The van der Waals surface area contributed by atoms with Gasteiger partial charge in [0, 0.05) is 6.04 Å². The van der Waals surface area contributed by atoms with Crippen LogP contribution in [0.2, 0.25) is 0 Å². The van der Waals surface area contributed by atoms with E-state index in [1.165, 1.54) is 31.2 Å². The lowest BCUT2D eigenvalue weighted by molar-refractivity contribution is 0.332. The molecular formula is C14H20FN. The molecule has 1 fully saturated rings. The van der Waals surface area contributed by atoms with Crippen LogP contribution >= 0.6 is 0 Å². The van der Waals surface area contributed by atoms with E-state index in [1.807, 2.05) is 12.1 Å². The predicted molar refractivity (Wildman–Crippen MR) is 65.1 cm³/mol. The summed E-state index contributed by atoms with van der Waals surface area (Å²) in [5, 5.41) is 3.55. The van der Waals surface area contributed by atoms with Crippen molar-refractivity contribution in [1.82, 2.24) is 5.32 Å². The van der Waals surface area contributed by atoms with Gasteiger partial charge in [0.05, 0.1) is 0 Å². The van der Waals surface area contributed by atoms with Crippen LogP contribution in [0.5, 0.6) is 0 Å². The van der Waals surface area contributed by atoms with Crippen molar-refractivity contribution < 1.29 is 4.39 Å². The van der Waals surface area contributed by atoms with Crippen LogP contribution in [0.4, 0.5) is 4.39 Å². The van der Waals surface area contributed by atoms with Crippen LogP contribution in [0.3, 0.4) is 0 Å². The fraction of sp³-hybridized carbons (Fsp3) is 0.571. The smallest absolute Gasteiger partial charge is 0.123 e. The summed E-state index contributed by atoms with van der Waals surface area (Å²) in [4.78, 5) is 0. The fourth-order valence-corrected chi connectivity index (χ4v) is 2.75. The zero-order chi connectivity index (χ0) is 11.4. The molecule has 2 unspecified atom stereocenters. The first-order chi connectivity index (χ1) is 7.81. The first kappa shape index (κ1) is 11.6. The first-order valence-corrected chi connectivity index (χ1v) is 6.30. The van der Waals surface area contributed by atoms with Crippen molar-refractivity contribution in [3.8, 4) is 0 Å². The van der Waals surface area contributed by atoms with Gasteiger partial charge in [0.2, 0.25) is 0 Å². The zero-order valence-electron chi connectivity index (χ0n) is 9.88. The first-order valence-electron chi connectivity index (χ1n) is 6.30. The Hall–Kier alpha value is -0.890. The lowest BCUT2D eigenvalue weighted by atomic mass is 9.80. The van der Waals surface area contributed by atoms with Gasteiger partial charge in [-0.2, -0.15) is 0 Å². The minimum Gasteiger partial charge on any atom is -0.314 e. The fourth-order valence-electron chi connectivity index (χ4n) is 2.75. The van der Waals surface area contributed by atoms with Crippen molar-refractivity contribution in [1.29, 1.82) is 0 Å². The molecule has 88 valence electrons. The van der Waals surface area contributed by atoms with Gasteiger partial charge in [-0.25, -0.2) is 4.39 Å². The molecule has 1 aliphatic carbocycles. The highest BCUT2D eigenvalue weighted by molar-refractivity contribution is 5.22. The van der Waals surface area contributed by atoms with E-state index in [0.29, 0.717) is 12.0 Å². The third-order valence-corrected chi connectivity index (χ3v) is 3.53. The Morgan fingerprint density at radius 2 is 1.88 bits per heavy atom. The monoisotopic (exact) mass is 221 g/mol. The Balaban J connectivity index is 2.13. The number of hydrogen-bond donors (Lipinski definition) is 1. The van der Waals surface area contributed by atoms with Crippen molar-refractivity contribution in [2.24, 2.45) is 0 Å². The van der Waals surface area contributed by atoms with E-state index in [0.717, 1.165) is 6.54 Å². The highest BCUT2D eigenvalue weighted by atomic mass is 19.1. The molecule has 0 amide bonds. The highest BCUT2D eigenvalue weighted by Crippen LogP contribution is 2.33. The van der Waals surface area contributed by atoms with Gasteiger partial charge in [0.1, 0.15) is 5.82 Å². The molecule has 1 nitrogen and oxygen atoms in total. The predicted octanol–water partition coefficient (Wildman–Crippen LogP) is 3.46. The number of nitrogens with one attached hydrogen (secondary N) is 1. The normalized spacial score (nSPS) is 25.6. The summed E-state index contributed by atoms with van der Waals surface area (Å²) in [7, 11) is 0. The molecule has 2 atom stereocenters. The molecule has 0 heterocycles. The van der Waals surface area contributed by atoms with E-state index < -0.39 is 0 Å². The van der Waals surface area contributed by atoms with Crippen LogP contribution in [0, 0.1) is 5.82 Å². The van der Waals surface area contributed by atoms with Crippen molar-refractivity contribution >= 4 is 0 Å². The second-order valence-electron chi connectivity index (χ2n) is 4.61. The van der Waals surface area contributed by atoms with Gasteiger partial charge in [-0.05, 0) is 43.0 Å². The average Bonchev–Trinajstić information content (AvgIpc) is 2.32. The Bertz CT molecular complexity index is 318. The van der Waals surface area contributed by atoms with Crippen LogP contribution in [0.1, 0.15) is 44.1 Å². The lowest BCUT2D eigenvalue weighted by Gasteiger charge is -2.32. The zero-order valence-corrected chi connectivity index (χ0v) is 9.88. The van der Waals surface area contributed by atoms with Gasteiger partial charge < -0.3 is 5.32 Å². The molecule has 1 aliphatic rings. The van der Waals surface area contributed by atoms with Crippen LogP contribution < -0.4 is 5.32 Å². The molecular weight excluding hydrogens is 201 g/mol. The molecule has 0 aliphatic heterocycles. The van der Waals surface area contributed by atoms with E-state index in [4.69, 9.17) is 0 Å². The Labute approximate surface area is 97.1 Å². The molecule has 1 aromatic carbocycles. The maximum Gasteiger partial charge on any atom is 0.123 e. The molecule has 1 aromatic rings. The summed E-state index contributed by atoms with van der Waals surface area (Å²) in [6.07, 6.45) is 5.08. The molecule has 0 radical (unpaired) electrons. The van der Waals surface area contributed by atoms with Gasteiger partial charge in [-0.1, -0.05) is 31.9 Å². The summed E-state index contributed by atoms with van der Waals surface area (Å²) in [5.74, 6) is 0.425. The molecule has 0 saturated heterocycles. The number of halogens is 1. The molecule has 1 saturated carbocycles. The topological polar surface area (TPSA) is 12.0 Å². The Morgan fingerprint density at radius 1 is 1.19 bits per heavy atom. The molecule has 0 bridgehead atoms. The molecule has 1 N–H and O–H groups in total. The lowest BCUT2D eigenvalue weighted by Crippen LogP contribution is -2.37. The minimum atomic E-state index is -0.139. The third kappa shape index (κ3) is 2.62. The third-order valence-electron chi connectivity index (χ3n) is 3.53. The van der Waals surface area contributed by atoms with Gasteiger partial charge in [-0.3, -0.25) is 0 Å². The number of likely N-dealkylation sites (N-methyl/N-ethyl adjacent to an activating group) is 1. The van der Waals surface area contributed by atoms with Crippen LogP contribution in [0.15, 0.2) is 24.3 Å². The van der Waals surface area contributed by atoms with Gasteiger partial charge in [-0.15, -0.1) is 0 Å². The van der Waals surface area contributed by atoms with Gasteiger partial charge >= 0.3 is 0 Å². The average molecular weight is 221 g/mol. The van der Waals surface area contributed by atoms with Crippen molar-refractivity contribution in [2.45, 2.75) is 44.6 Å². The summed E-state index contributed by atoms with van der Waals surface area (Å²) < 4.78 is 12.9. The maximum atomic E-state index is 12.9. The quantitative estimate of drug-likeness (QED) is 0.824. The maximum absolute atomic E-state index is 12.9. The van der Waals surface area contributed by atoms with E-state index in [2.05, 4.69) is 12.2 Å². The summed E-state index contributed by atoms with van der Waals surface area (Å²) in [6, 6.07) is 7.61. The van der Waals surface area contributed by atoms with Gasteiger partial charge in [0.25, 0.3) is 0 Å². The van der Waals surface area contributed by atoms with E-state index in [-0.39, 0.29) is 5.82 Å². The standard InChI is InChI=1S/C14H20FN/c1-2-16-14-6-4-3-5-13(14)11-7-9-12(15)10-8-11/h7-10,13-14,16H,2-6H2,1H3. The summed E-state index contributed by atoms with van der Waals surface area (Å²) >= 11 is 0. The van der Waals surface area contributed by atoms with Crippen LogP contribution in [-0.2, 0) is 0 Å². The molecule has 0 aromatic heterocycles. The second-order valence-corrected chi connectivity index (χ2v) is 4.61. The van der Waals surface area contributed by atoms with E-state index >= 15 is 0 Å². The van der Waals surface area contributed by atoms with Crippen molar-refractivity contribution in [2.75, 3.05) is 6.54 Å². The SMILES string of the molecule is CCNC1CCCCC1c1ccc(F)cc1. The Kier molecular flexibility index (Phi) is 3.94. The number of rotatable bonds is 3. The minimum absolute atomic E-state index is 0.139. The molecule has 16 heavy (non-hydrogen) atoms. The number of hydrogen-bond acceptors (Lipinski definition) is 1. The second kappa shape index (κ2) is 5.44. The largest absolute Gasteiger partial charge is 0.314 e. The highest BCUT2D eigenvalue weighted by Gasteiger charge is 2.25. The van der Waals surface area contributed by atoms with Crippen molar-refractivity contribution in [3.05, 3.63) is 35.6 Å². The van der Waals surface area contributed by atoms with Crippen molar-refractivity contribution in [3.63, 3.8) is 0 Å². The molecule has 2 heteroatoms. The molecule has 2 rings (SSSR count). The number of benzene rings is 1. The Morgan fingerprint density at radius 3 is 2.56 bits per heavy atom. The molecule has 0 spiro atoms. The van der Waals surface area contributed by atoms with E-state index in [1.54, 1.807) is 12.1 Å². The van der Waals surface area contributed by atoms with Crippen LogP contribution in [0.25, 0.3) is 0 Å². The van der Waals surface area contributed by atoms with Gasteiger partial charge in [0.15, 0.2) is 0 Å². The van der Waals surface area contributed by atoms with Crippen LogP contribution in [-0.4, -0.2) is 12.6 Å². The van der Waals surface area contributed by atoms with E-state index in [9.17, 15) is 4.39 Å². The summed E-state index contributed by atoms with van der Waals surface area (Å²) in [6.45, 7) is 3.17.